The van der Waals surface area contributed by atoms with Gasteiger partial charge in [-0.2, -0.15) is 13.2 Å². The average molecular weight is 609 g/mol. The highest BCUT2D eigenvalue weighted by Gasteiger charge is 2.31. The van der Waals surface area contributed by atoms with Gasteiger partial charge in [0.05, 0.1) is 59.4 Å². The highest BCUT2D eigenvalue weighted by atomic mass is 32.1. The van der Waals surface area contributed by atoms with Gasteiger partial charge >= 0.3 is 6.18 Å². The first kappa shape index (κ1) is 31.7. The third-order valence-corrected chi connectivity index (χ3v) is 7.78. The van der Waals surface area contributed by atoms with E-state index in [-0.39, 0.29) is 18.7 Å². The number of likely N-dealkylation sites (N-methyl/N-ethyl adjacent to an activating group) is 1. The Labute approximate surface area is 247 Å². The van der Waals surface area contributed by atoms with Gasteiger partial charge in [-0.3, -0.25) is 0 Å². The normalized spacial score (nSPS) is 13.8. The van der Waals surface area contributed by atoms with E-state index in [0.717, 1.165) is 16.9 Å². The quantitative estimate of drug-likeness (QED) is 0.161. The first-order valence-corrected chi connectivity index (χ1v) is 14.5. The second kappa shape index (κ2) is 14.8. The van der Waals surface area contributed by atoms with Gasteiger partial charge in [0.2, 0.25) is 0 Å². The lowest BCUT2D eigenvalue weighted by molar-refractivity contribution is -0.126. The number of thiophene rings is 1. The number of fused-ring (bicyclic) bond motifs is 1. The number of anilines is 3. The number of halogens is 4. The summed E-state index contributed by atoms with van der Waals surface area (Å²) in [5.41, 5.74) is 1.76. The molecule has 0 spiro atoms. The Morgan fingerprint density at radius 2 is 1.88 bits per heavy atom. The number of nitrogens with zero attached hydrogens (tertiary/aromatic N) is 2. The number of ether oxygens (including phenoxy) is 3. The molecule has 2 N–H and O–H groups in total. The van der Waals surface area contributed by atoms with Crippen LogP contribution in [-0.4, -0.2) is 91.4 Å². The van der Waals surface area contributed by atoms with Gasteiger partial charge in [-0.05, 0) is 31.1 Å². The molecule has 12 heteroatoms. The maximum absolute atomic E-state index is 15.1. The van der Waals surface area contributed by atoms with Crippen LogP contribution in [0.1, 0.15) is 10.4 Å². The van der Waals surface area contributed by atoms with Crippen molar-refractivity contribution >= 4 is 38.5 Å². The van der Waals surface area contributed by atoms with Gasteiger partial charge in [0.25, 0.3) is 0 Å². The van der Waals surface area contributed by atoms with Crippen LogP contribution in [0.4, 0.5) is 34.6 Å². The van der Waals surface area contributed by atoms with Gasteiger partial charge in [-0.25, -0.2) is 4.39 Å². The third-order valence-electron chi connectivity index (χ3n) is 6.59. The second-order valence-electron chi connectivity index (χ2n) is 10.0. The summed E-state index contributed by atoms with van der Waals surface area (Å²) < 4.78 is 72.9. The van der Waals surface area contributed by atoms with Crippen LogP contribution in [0.3, 0.4) is 0 Å². The number of rotatable bonds is 12. The molecule has 1 saturated heterocycles. The van der Waals surface area contributed by atoms with E-state index >= 15 is 4.39 Å². The van der Waals surface area contributed by atoms with Crippen LogP contribution < -0.4 is 20.3 Å². The van der Waals surface area contributed by atoms with Crippen molar-refractivity contribution in [3.05, 3.63) is 46.6 Å². The minimum absolute atomic E-state index is 0.0740. The Bertz CT molecular complexity index is 1400. The van der Waals surface area contributed by atoms with Crippen LogP contribution in [0.15, 0.2) is 30.3 Å². The Morgan fingerprint density at radius 3 is 2.60 bits per heavy atom. The minimum Gasteiger partial charge on any atom is -0.489 e. The zero-order valence-corrected chi connectivity index (χ0v) is 24.8. The summed E-state index contributed by atoms with van der Waals surface area (Å²) in [4.78, 5) is 4.28. The lowest BCUT2D eigenvalue weighted by atomic mass is 10.1. The highest BCUT2D eigenvalue weighted by Crippen LogP contribution is 2.39. The molecule has 1 aromatic heterocycles. The zero-order chi connectivity index (χ0) is 30.1. The van der Waals surface area contributed by atoms with Crippen molar-refractivity contribution in [2.75, 3.05) is 95.9 Å². The lowest BCUT2D eigenvalue weighted by Gasteiger charge is -2.29. The van der Waals surface area contributed by atoms with Crippen molar-refractivity contribution < 1.29 is 31.8 Å². The van der Waals surface area contributed by atoms with E-state index in [9.17, 15) is 13.2 Å². The number of nitrogens with one attached hydrogen (secondary N) is 2. The maximum Gasteiger partial charge on any atom is 0.393 e. The summed E-state index contributed by atoms with van der Waals surface area (Å²) in [6.07, 6.45) is -5.46. The van der Waals surface area contributed by atoms with E-state index in [0.29, 0.717) is 66.8 Å². The average Bonchev–Trinajstić information content (AvgIpc) is 3.29. The molecule has 2 aromatic carbocycles. The molecule has 0 amide bonds. The van der Waals surface area contributed by atoms with Gasteiger partial charge in [0.15, 0.2) is 0 Å². The SMILES string of the molecule is COCCOc1cc(N2CCOCC2)c(F)cc1NCC#Cc1sc2c(NCCN(C)C)cccc2c1CC(F)(F)F. The van der Waals surface area contributed by atoms with Crippen molar-refractivity contribution in [3.63, 3.8) is 0 Å². The molecular weight excluding hydrogens is 572 g/mol. The monoisotopic (exact) mass is 608 g/mol. The molecule has 1 fully saturated rings. The number of alkyl halides is 3. The molecule has 0 saturated carbocycles. The summed E-state index contributed by atoms with van der Waals surface area (Å²) in [5, 5.41) is 6.95. The van der Waals surface area contributed by atoms with Crippen molar-refractivity contribution in [3.8, 4) is 17.6 Å². The van der Waals surface area contributed by atoms with Crippen LogP contribution in [0, 0.1) is 17.7 Å². The van der Waals surface area contributed by atoms with Gasteiger partial charge in [0, 0.05) is 45.4 Å². The number of hydrogen-bond donors (Lipinski definition) is 2. The molecule has 0 bridgehead atoms. The molecule has 0 atom stereocenters. The largest absolute Gasteiger partial charge is 0.489 e. The predicted octanol–water partition coefficient (Wildman–Crippen LogP) is 5.44. The van der Waals surface area contributed by atoms with E-state index in [1.807, 2.05) is 30.0 Å². The maximum atomic E-state index is 15.1. The first-order valence-electron chi connectivity index (χ1n) is 13.7. The number of morpholine rings is 1. The highest BCUT2D eigenvalue weighted by molar-refractivity contribution is 7.20. The van der Waals surface area contributed by atoms with E-state index in [1.54, 1.807) is 25.3 Å². The molecule has 3 aromatic rings. The third kappa shape index (κ3) is 8.64. The fourth-order valence-corrected chi connectivity index (χ4v) is 5.73. The zero-order valence-electron chi connectivity index (χ0n) is 24.0. The second-order valence-corrected chi connectivity index (χ2v) is 11.0. The number of methoxy groups -OCH3 is 1. The van der Waals surface area contributed by atoms with Gasteiger partial charge in [0.1, 0.15) is 18.2 Å². The van der Waals surface area contributed by atoms with E-state index in [1.165, 1.54) is 17.4 Å². The van der Waals surface area contributed by atoms with Gasteiger partial charge < -0.3 is 34.6 Å². The predicted molar refractivity (Wildman–Crippen MR) is 161 cm³/mol. The summed E-state index contributed by atoms with van der Waals surface area (Å²) in [7, 11) is 5.47. The fourth-order valence-electron chi connectivity index (χ4n) is 4.55. The van der Waals surface area contributed by atoms with Crippen LogP contribution >= 0.6 is 11.3 Å². The van der Waals surface area contributed by atoms with E-state index in [2.05, 4.69) is 22.5 Å². The molecule has 0 unspecified atom stereocenters. The molecule has 0 aliphatic carbocycles. The van der Waals surface area contributed by atoms with E-state index in [4.69, 9.17) is 14.2 Å². The Hall–Kier alpha value is -3.24. The van der Waals surface area contributed by atoms with E-state index < -0.39 is 18.4 Å². The van der Waals surface area contributed by atoms with Gasteiger partial charge in [-0.1, -0.05) is 24.0 Å². The van der Waals surface area contributed by atoms with Crippen LogP contribution in [0.25, 0.3) is 10.1 Å². The Kier molecular flexibility index (Phi) is 11.2. The Morgan fingerprint density at radius 1 is 1.10 bits per heavy atom. The molecule has 1 aliphatic rings. The molecule has 2 heterocycles. The molecule has 228 valence electrons. The molecule has 7 nitrogen and oxygen atoms in total. The van der Waals surface area contributed by atoms with Crippen LogP contribution in [-0.2, 0) is 15.9 Å². The van der Waals surface area contributed by atoms with Crippen molar-refractivity contribution in [2.45, 2.75) is 12.6 Å². The molecule has 0 radical (unpaired) electrons. The molecule has 42 heavy (non-hydrogen) atoms. The van der Waals surface area contributed by atoms with Gasteiger partial charge in [-0.15, -0.1) is 11.3 Å². The first-order chi connectivity index (χ1) is 20.2. The molecular formula is C30H36F4N4O3S. The van der Waals surface area contributed by atoms with Crippen LogP contribution in [0.2, 0.25) is 0 Å². The topological polar surface area (TPSA) is 58.2 Å². The molecule has 4 rings (SSSR count). The lowest BCUT2D eigenvalue weighted by Crippen LogP contribution is -2.36. The number of benzene rings is 2. The molecule has 1 aliphatic heterocycles. The summed E-state index contributed by atoms with van der Waals surface area (Å²) in [5.74, 6) is 5.89. The fraction of sp³-hybridized carbons (Fsp3) is 0.467. The summed E-state index contributed by atoms with van der Waals surface area (Å²) >= 11 is 1.24. The minimum atomic E-state index is -4.38. The standard InChI is InChI=1S/C30H36F4N4O3S/c1-37(2)11-10-36-24-7-4-6-21-22(20-30(32,33)34)28(42-29(21)24)8-5-9-35-25-18-23(31)26(38-12-14-40-15-13-38)19-27(25)41-17-16-39-3/h4,6-7,18-19,35-36H,9-17,20H2,1-3H3. The van der Waals surface area contributed by atoms with Crippen LogP contribution in [0.5, 0.6) is 5.75 Å². The van der Waals surface area contributed by atoms with Crippen molar-refractivity contribution in [1.29, 1.82) is 0 Å². The summed E-state index contributed by atoms with van der Waals surface area (Å²) in [6.45, 7) is 4.27. The summed E-state index contributed by atoms with van der Waals surface area (Å²) in [6, 6.07) is 8.33. The van der Waals surface area contributed by atoms with Crippen molar-refractivity contribution in [2.24, 2.45) is 0 Å². The Balaban J connectivity index is 1.57. The smallest absolute Gasteiger partial charge is 0.393 e. The number of hydrogen-bond acceptors (Lipinski definition) is 8. The van der Waals surface area contributed by atoms with Crippen molar-refractivity contribution in [1.82, 2.24) is 4.90 Å².